The van der Waals surface area contributed by atoms with Crippen molar-refractivity contribution in [2.75, 3.05) is 25.5 Å². The van der Waals surface area contributed by atoms with Crippen LogP contribution in [0.1, 0.15) is 19.4 Å². The Morgan fingerprint density at radius 2 is 1.79 bits per heavy atom. The van der Waals surface area contributed by atoms with Crippen molar-refractivity contribution in [2.24, 2.45) is 0 Å². The van der Waals surface area contributed by atoms with E-state index < -0.39 is 26.8 Å². The third-order valence-electron chi connectivity index (χ3n) is 5.12. The smallest absolute Gasteiger partial charge is 0.323 e. The Kier molecular flexibility index (Phi) is 8.43. The van der Waals surface area contributed by atoms with Crippen molar-refractivity contribution in [3.8, 4) is 17.6 Å². The molecule has 0 amide bonds. The molecule has 0 bridgehead atoms. The summed E-state index contributed by atoms with van der Waals surface area (Å²) >= 11 is 1.46. The van der Waals surface area contributed by atoms with Crippen LogP contribution in [0.25, 0.3) is 0 Å². The van der Waals surface area contributed by atoms with Crippen molar-refractivity contribution in [2.45, 2.75) is 36.1 Å². The maximum Gasteiger partial charge on any atom is 0.323 e. The van der Waals surface area contributed by atoms with E-state index >= 15 is 0 Å². The summed E-state index contributed by atoms with van der Waals surface area (Å²) < 4.78 is 37.7. The summed E-state index contributed by atoms with van der Waals surface area (Å²) in [6.07, 6.45) is 0. The summed E-state index contributed by atoms with van der Waals surface area (Å²) in [6, 6.07) is 14.6. The number of rotatable bonds is 8. The highest BCUT2D eigenvalue weighted by Crippen LogP contribution is 2.38. The molecule has 1 aliphatic heterocycles. The van der Waals surface area contributed by atoms with Gasteiger partial charge in [-0.1, -0.05) is 42.2 Å². The lowest BCUT2D eigenvalue weighted by Gasteiger charge is -2.42. The normalized spacial score (nSPS) is 18.2. The van der Waals surface area contributed by atoms with Gasteiger partial charge in [-0.3, -0.25) is 4.79 Å². The van der Waals surface area contributed by atoms with Crippen LogP contribution in [0.5, 0.6) is 5.75 Å². The average molecular weight is 490 g/mol. The van der Waals surface area contributed by atoms with E-state index in [1.54, 1.807) is 26.0 Å². The van der Waals surface area contributed by atoms with Crippen molar-refractivity contribution >= 4 is 27.8 Å². The Hall–Kier alpha value is -2.51. The minimum absolute atomic E-state index is 0.0317. The van der Waals surface area contributed by atoms with E-state index in [1.807, 2.05) is 30.3 Å². The minimum atomic E-state index is -3.96. The lowest BCUT2D eigenvalue weighted by Crippen LogP contribution is -2.58. The van der Waals surface area contributed by atoms with Crippen LogP contribution in [0.4, 0.5) is 0 Å². The Bertz CT molecular complexity index is 1110. The Morgan fingerprint density at radius 1 is 1.12 bits per heavy atom. The summed E-state index contributed by atoms with van der Waals surface area (Å²) in [4.78, 5) is 11.9. The Labute approximate surface area is 199 Å². The number of carboxylic acid groups (broad SMARTS) is 1. The number of hydrogen-bond acceptors (Lipinski definition) is 6. The molecule has 2 aromatic carbocycles. The fraction of sp³-hybridized carbons (Fsp3) is 0.375. The van der Waals surface area contributed by atoms with Crippen LogP contribution >= 0.6 is 11.8 Å². The first-order valence-electron chi connectivity index (χ1n) is 10.4. The molecule has 9 heteroatoms. The summed E-state index contributed by atoms with van der Waals surface area (Å²) in [6.45, 7) is 4.56. The summed E-state index contributed by atoms with van der Waals surface area (Å²) in [5.74, 6) is 5.57. The van der Waals surface area contributed by atoms with Crippen molar-refractivity contribution in [3.63, 3.8) is 0 Å². The van der Waals surface area contributed by atoms with Gasteiger partial charge in [0.25, 0.3) is 0 Å². The van der Waals surface area contributed by atoms with Crippen LogP contribution in [0.15, 0.2) is 59.5 Å². The highest BCUT2D eigenvalue weighted by molar-refractivity contribution is 8.00. The number of benzene rings is 2. The molecule has 2 aromatic rings. The first kappa shape index (κ1) is 25.1. The molecule has 1 atom stereocenters. The highest BCUT2D eigenvalue weighted by Gasteiger charge is 2.48. The van der Waals surface area contributed by atoms with E-state index in [0.717, 1.165) is 9.87 Å². The number of thioether (sulfide) groups is 1. The number of sulfonamides is 1. The van der Waals surface area contributed by atoms with Gasteiger partial charge in [-0.05, 0) is 43.7 Å². The topological polar surface area (TPSA) is 93.1 Å². The number of aliphatic carboxylic acids is 1. The molecule has 1 fully saturated rings. The molecule has 0 saturated carbocycles. The molecule has 0 radical (unpaired) electrons. The molecule has 0 aliphatic carbocycles. The fourth-order valence-corrected chi connectivity index (χ4v) is 6.59. The van der Waals surface area contributed by atoms with E-state index in [-0.39, 0.29) is 24.7 Å². The van der Waals surface area contributed by atoms with Gasteiger partial charge >= 0.3 is 5.97 Å². The molecule has 1 N–H and O–H groups in total. The molecule has 1 unspecified atom stereocenters. The van der Waals surface area contributed by atoms with Gasteiger partial charge < -0.3 is 14.6 Å². The van der Waals surface area contributed by atoms with Crippen LogP contribution in [-0.2, 0) is 26.2 Å². The zero-order valence-electron chi connectivity index (χ0n) is 18.6. The highest BCUT2D eigenvalue weighted by atomic mass is 32.2. The van der Waals surface area contributed by atoms with E-state index in [1.165, 1.54) is 23.9 Å². The quantitative estimate of drug-likeness (QED) is 0.449. The molecule has 33 heavy (non-hydrogen) atoms. The van der Waals surface area contributed by atoms with Gasteiger partial charge in [0.05, 0.1) is 11.5 Å². The lowest BCUT2D eigenvalue weighted by atomic mass is 10.0. The second-order valence-electron chi connectivity index (χ2n) is 7.90. The monoisotopic (exact) mass is 489 g/mol. The first-order chi connectivity index (χ1) is 15.7. The van der Waals surface area contributed by atoms with Gasteiger partial charge in [-0.2, -0.15) is 16.1 Å². The van der Waals surface area contributed by atoms with Gasteiger partial charge in [0.1, 0.15) is 25.0 Å². The van der Waals surface area contributed by atoms with E-state index in [9.17, 15) is 18.3 Å². The molecule has 0 aromatic heterocycles. The summed E-state index contributed by atoms with van der Waals surface area (Å²) in [5.41, 5.74) is 1.08. The molecule has 1 aliphatic rings. The third kappa shape index (κ3) is 6.51. The predicted molar refractivity (Wildman–Crippen MR) is 128 cm³/mol. The molecular weight excluding hydrogens is 462 g/mol. The second-order valence-corrected chi connectivity index (χ2v) is 11.5. The minimum Gasteiger partial charge on any atom is -0.481 e. The van der Waals surface area contributed by atoms with E-state index in [4.69, 9.17) is 9.47 Å². The fourth-order valence-electron chi connectivity index (χ4n) is 3.49. The molecule has 7 nitrogen and oxygen atoms in total. The van der Waals surface area contributed by atoms with Gasteiger partial charge in [0, 0.05) is 17.0 Å². The van der Waals surface area contributed by atoms with Crippen LogP contribution in [0.3, 0.4) is 0 Å². The van der Waals surface area contributed by atoms with E-state index in [2.05, 4.69) is 11.8 Å². The van der Waals surface area contributed by atoms with Crippen molar-refractivity contribution in [3.05, 3.63) is 60.2 Å². The maximum absolute atomic E-state index is 13.1. The molecule has 1 heterocycles. The molecule has 3 rings (SSSR count). The zero-order valence-corrected chi connectivity index (χ0v) is 20.2. The van der Waals surface area contributed by atoms with Crippen LogP contribution in [-0.4, -0.2) is 60.1 Å². The Balaban J connectivity index is 1.55. The van der Waals surface area contributed by atoms with Gasteiger partial charge in [-0.25, -0.2) is 8.42 Å². The second kappa shape index (κ2) is 11.1. The van der Waals surface area contributed by atoms with E-state index in [0.29, 0.717) is 18.1 Å². The molecule has 1 saturated heterocycles. The Morgan fingerprint density at radius 3 is 2.45 bits per heavy atom. The lowest BCUT2D eigenvalue weighted by molar-refractivity contribution is -0.142. The van der Waals surface area contributed by atoms with Gasteiger partial charge in [0.2, 0.25) is 10.0 Å². The SMILES string of the molecule is CC1(C)SCCN(S(=O)(=O)c2ccc(OCC#CCOCc3ccccc3)cc2)C1C(=O)O. The standard InChI is InChI=1S/C24H27NO6S2/c1-24(2)22(23(26)27)25(14-17-32-24)33(28,29)21-12-10-20(11-13-21)31-16-7-6-15-30-18-19-8-4-3-5-9-19/h3-5,8-13,22H,14-18H2,1-2H3,(H,26,27). The molecule has 0 spiro atoms. The average Bonchev–Trinajstić information content (AvgIpc) is 2.78. The zero-order chi connectivity index (χ0) is 23.9. The van der Waals surface area contributed by atoms with Crippen molar-refractivity contribution in [1.29, 1.82) is 0 Å². The maximum atomic E-state index is 13.1. The van der Waals surface area contributed by atoms with Crippen molar-refractivity contribution in [1.82, 2.24) is 4.31 Å². The van der Waals surface area contributed by atoms with Gasteiger partial charge in [0.15, 0.2) is 0 Å². The van der Waals surface area contributed by atoms with Crippen molar-refractivity contribution < 1.29 is 27.8 Å². The number of hydrogen-bond donors (Lipinski definition) is 1. The molecular formula is C24H27NO6S2. The van der Waals surface area contributed by atoms with Crippen LogP contribution in [0, 0.1) is 11.8 Å². The van der Waals surface area contributed by atoms with Crippen LogP contribution in [0.2, 0.25) is 0 Å². The van der Waals surface area contributed by atoms with Gasteiger partial charge in [-0.15, -0.1) is 0 Å². The largest absolute Gasteiger partial charge is 0.481 e. The number of carboxylic acids is 1. The first-order valence-corrected chi connectivity index (χ1v) is 12.8. The number of carbonyl (C=O) groups is 1. The summed E-state index contributed by atoms with van der Waals surface area (Å²) in [5, 5.41) is 9.67. The van der Waals surface area contributed by atoms with Crippen LogP contribution < -0.4 is 4.74 Å². The predicted octanol–water partition coefficient (Wildman–Crippen LogP) is 3.25. The number of nitrogens with zero attached hydrogens (tertiary/aromatic N) is 1. The third-order valence-corrected chi connectivity index (χ3v) is 8.35. The summed E-state index contributed by atoms with van der Waals surface area (Å²) in [7, 11) is -3.96. The molecule has 176 valence electrons. The number of ether oxygens (including phenoxy) is 2.